The molecule has 2 aromatic rings. The number of piperazine rings is 1. The normalized spacial score (nSPS) is 16.2. The van der Waals surface area contributed by atoms with Crippen LogP contribution < -0.4 is 14.8 Å². The zero-order chi connectivity index (χ0) is 18.9. The van der Waals surface area contributed by atoms with E-state index in [0.717, 1.165) is 5.69 Å². The van der Waals surface area contributed by atoms with Crippen LogP contribution in [0.4, 0.5) is 5.69 Å². The average Bonchev–Trinajstić information content (AvgIpc) is 2.64. The van der Waals surface area contributed by atoms with Crippen molar-refractivity contribution in [3.8, 4) is 5.69 Å². The summed E-state index contributed by atoms with van der Waals surface area (Å²) in [5, 5.41) is 3.89. The first-order chi connectivity index (χ1) is 12.3. The van der Waals surface area contributed by atoms with Crippen molar-refractivity contribution in [1.29, 1.82) is 0 Å². The van der Waals surface area contributed by atoms with Gasteiger partial charge in [-0.05, 0) is 32.9 Å². The highest BCUT2D eigenvalue weighted by Gasteiger charge is 2.33. The van der Waals surface area contributed by atoms with Crippen LogP contribution in [0.3, 0.4) is 0 Å². The second-order valence-corrected chi connectivity index (χ2v) is 9.31. The second kappa shape index (κ2) is 7.16. The number of sulfonamides is 1. The van der Waals surface area contributed by atoms with Crippen molar-refractivity contribution in [1.82, 2.24) is 14.8 Å². The van der Waals surface area contributed by atoms with Crippen molar-refractivity contribution in [2.24, 2.45) is 0 Å². The van der Waals surface area contributed by atoms with Gasteiger partial charge in [-0.3, -0.25) is 9.78 Å². The summed E-state index contributed by atoms with van der Waals surface area (Å²) >= 11 is 0. The van der Waals surface area contributed by atoms with Gasteiger partial charge in [0.2, 0.25) is 0 Å². The fourth-order valence-corrected chi connectivity index (χ4v) is 4.55. The topological polar surface area (TPSA) is 89.6 Å². The van der Waals surface area contributed by atoms with E-state index < -0.39 is 15.3 Å². The minimum absolute atomic E-state index is 0.194. The van der Waals surface area contributed by atoms with E-state index in [1.165, 1.54) is 4.68 Å². The molecule has 3 rings (SSSR count). The molecule has 1 fully saturated rings. The Balaban J connectivity index is 1.82. The Morgan fingerprint density at radius 3 is 2.46 bits per heavy atom. The van der Waals surface area contributed by atoms with Crippen molar-refractivity contribution in [2.45, 2.75) is 26.0 Å². The summed E-state index contributed by atoms with van der Waals surface area (Å²) in [5.74, 6) is 0. The summed E-state index contributed by atoms with van der Waals surface area (Å²) in [7, 11) is -3.17. The van der Waals surface area contributed by atoms with Crippen LogP contribution in [-0.2, 0) is 10.0 Å². The van der Waals surface area contributed by atoms with Gasteiger partial charge in [-0.2, -0.15) is 18.2 Å². The van der Waals surface area contributed by atoms with E-state index >= 15 is 0 Å². The Hall–Kier alpha value is -2.26. The third-order valence-electron chi connectivity index (χ3n) is 4.77. The third kappa shape index (κ3) is 3.36. The number of anilines is 1. The van der Waals surface area contributed by atoms with Crippen molar-refractivity contribution in [3.63, 3.8) is 0 Å². The standard InChI is InChI=1S/C17H23N5O3S/c1-13(2)26(24,25)21-9-7-20(8-10-21)16-12-19-22(17(23)14(16)3)15-5-4-6-18-11-15/h4-6,11-13H,7-10H2,1-3H3/p+1. The molecule has 140 valence electrons. The van der Waals surface area contributed by atoms with Crippen molar-refractivity contribution in [3.05, 3.63) is 46.6 Å². The van der Waals surface area contributed by atoms with Gasteiger partial charge in [-0.1, -0.05) is 0 Å². The molecule has 1 saturated heterocycles. The third-order valence-corrected chi connectivity index (χ3v) is 7.22. The zero-order valence-corrected chi connectivity index (χ0v) is 16.0. The van der Waals surface area contributed by atoms with Gasteiger partial charge in [0.05, 0.1) is 36.9 Å². The number of hydrogen-bond acceptors (Lipinski definition) is 6. The molecule has 0 amide bonds. The highest BCUT2D eigenvalue weighted by molar-refractivity contribution is 7.85. The lowest BCUT2D eigenvalue weighted by atomic mass is 10.2. The van der Waals surface area contributed by atoms with E-state index in [4.69, 9.17) is 0 Å². The fourth-order valence-electron chi connectivity index (χ4n) is 3.13. The number of quaternary nitrogens is 1. The molecule has 1 N–H and O–H groups in total. The van der Waals surface area contributed by atoms with Crippen LogP contribution in [0.15, 0.2) is 35.5 Å². The Morgan fingerprint density at radius 2 is 1.88 bits per heavy atom. The van der Waals surface area contributed by atoms with Gasteiger partial charge in [-0.25, -0.2) is 4.31 Å². The Bertz CT molecular complexity index is 933. The molecule has 8 nitrogen and oxygen atoms in total. The first-order valence-corrected chi connectivity index (χ1v) is 10.2. The summed E-state index contributed by atoms with van der Waals surface area (Å²) in [6, 6.07) is 3.53. The number of aromatic nitrogens is 3. The van der Waals surface area contributed by atoms with Crippen LogP contribution >= 0.6 is 0 Å². The largest absolute Gasteiger partial charge is 0.358 e. The van der Waals surface area contributed by atoms with E-state index in [1.54, 1.807) is 51.5 Å². The lowest BCUT2D eigenvalue weighted by Crippen LogP contribution is -3.17. The SMILES string of the molecule is Cc1c(N2CC[NH+](S(=O)(=O)C(C)C)CC2)cnn(-c2cccnc2)c1=O. The first-order valence-electron chi connectivity index (χ1n) is 8.65. The predicted molar refractivity (Wildman–Crippen MR) is 99.3 cm³/mol. The van der Waals surface area contributed by atoms with E-state index in [9.17, 15) is 13.2 Å². The highest BCUT2D eigenvalue weighted by atomic mass is 32.2. The lowest BCUT2D eigenvalue weighted by molar-refractivity contribution is -0.768. The minimum atomic E-state index is -3.17. The number of pyridine rings is 1. The second-order valence-electron chi connectivity index (χ2n) is 6.70. The molecule has 26 heavy (non-hydrogen) atoms. The van der Waals surface area contributed by atoms with Crippen LogP contribution in [0.25, 0.3) is 5.69 Å². The number of nitrogens with one attached hydrogen (secondary N) is 1. The van der Waals surface area contributed by atoms with E-state index in [2.05, 4.69) is 10.1 Å². The molecule has 0 saturated carbocycles. The van der Waals surface area contributed by atoms with Crippen LogP contribution in [0.5, 0.6) is 0 Å². The highest BCUT2D eigenvalue weighted by Crippen LogP contribution is 2.16. The Labute approximate surface area is 153 Å². The molecular formula is C17H24N5O3S+. The maximum absolute atomic E-state index is 12.7. The summed E-state index contributed by atoms with van der Waals surface area (Å²) in [5.41, 5.74) is 1.78. The van der Waals surface area contributed by atoms with Gasteiger partial charge in [0.25, 0.3) is 15.6 Å². The maximum Gasteiger partial charge on any atom is 0.297 e. The molecule has 0 atom stereocenters. The smallest absolute Gasteiger partial charge is 0.297 e. The van der Waals surface area contributed by atoms with E-state index in [0.29, 0.717) is 41.7 Å². The monoisotopic (exact) mass is 378 g/mol. The van der Waals surface area contributed by atoms with Crippen LogP contribution in [0, 0.1) is 6.92 Å². The van der Waals surface area contributed by atoms with E-state index in [-0.39, 0.29) is 5.56 Å². The molecule has 0 bridgehead atoms. The first kappa shape index (κ1) is 18.5. The molecular weight excluding hydrogens is 354 g/mol. The quantitative estimate of drug-likeness (QED) is 0.763. The van der Waals surface area contributed by atoms with Gasteiger partial charge in [-0.15, -0.1) is 0 Å². The van der Waals surface area contributed by atoms with Gasteiger partial charge >= 0.3 is 0 Å². The number of nitrogens with zero attached hydrogens (tertiary/aromatic N) is 4. The molecule has 0 radical (unpaired) electrons. The summed E-state index contributed by atoms with van der Waals surface area (Å²) in [4.78, 5) is 18.7. The molecule has 1 aliphatic rings. The zero-order valence-electron chi connectivity index (χ0n) is 15.2. The Kier molecular flexibility index (Phi) is 5.10. The van der Waals surface area contributed by atoms with Crippen molar-refractivity contribution in [2.75, 3.05) is 31.1 Å². The maximum atomic E-state index is 12.7. The molecule has 2 aromatic heterocycles. The van der Waals surface area contributed by atoms with Crippen LogP contribution in [0.1, 0.15) is 19.4 Å². The minimum Gasteiger partial charge on any atom is -0.358 e. The van der Waals surface area contributed by atoms with Crippen LogP contribution in [0.2, 0.25) is 0 Å². The van der Waals surface area contributed by atoms with Gasteiger partial charge in [0.15, 0.2) is 0 Å². The molecule has 0 aromatic carbocycles. The number of hydrogen-bond donors (Lipinski definition) is 1. The molecule has 3 heterocycles. The fraction of sp³-hybridized carbons (Fsp3) is 0.471. The van der Waals surface area contributed by atoms with Crippen molar-refractivity contribution < 1.29 is 12.7 Å². The van der Waals surface area contributed by atoms with Crippen LogP contribution in [-0.4, -0.2) is 54.6 Å². The molecule has 0 unspecified atom stereocenters. The molecule has 9 heteroatoms. The van der Waals surface area contributed by atoms with Gasteiger partial charge in [0, 0.05) is 11.8 Å². The number of rotatable bonds is 4. The Morgan fingerprint density at radius 1 is 1.19 bits per heavy atom. The molecule has 0 aliphatic carbocycles. The average molecular weight is 378 g/mol. The summed E-state index contributed by atoms with van der Waals surface area (Å²) in [6.07, 6.45) is 4.90. The summed E-state index contributed by atoms with van der Waals surface area (Å²) < 4.78 is 26.6. The lowest BCUT2D eigenvalue weighted by Gasteiger charge is -2.34. The predicted octanol–water partition coefficient (Wildman–Crippen LogP) is -0.621. The van der Waals surface area contributed by atoms with Gasteiger partial charge < -0.3 is 4.90 Å². The molecule has 0 spiro atoms. The van der Waals surface area contributed by atoms with E-state index in [1.807, 2.05) is 4.90 Å². The van der Waals surface area contributed by atoms with Gasteiger partial charge in [0.1, 0.15) is 18.3 Å². The van der Waals surface area contributed by atoms with Crippen molar-refractivity contribution >= 4 is 15.7 Å². The molecule has 1 aliphatic heterocycles. The summed E-state index contributed by atoms with van der Waals surface area (Å²) in [6.45, 7) is 7.32.